The smallest absolute Gasteiger partial charge is 0.168 e. The lowest BCUT2D eigenvalue weighted by atomic mass is 10.5. The van der Waals surface area contributed by atoms with Crippen LogP contribution < -0.4 is 0 Å². The zero-order valence-electron chi connectivity index (χ0n) is 8.38. The van der Waals surface area contributed by atoms with Crippen LogP contribution in [0.1, 0.15) is 11.5 Å². The SMILES string of the molecule is Cn1c(CO)cnc1SCc1ccco1. The Balaban J connectivity index is 2.02. The van der Waals surface area contributed by atoms with E-state index < -0.39 is 0 Å². The molecule has 2 rings (SSSR count). The van der Waals surface area contributed by atoms with Gasteiger partial charge in [-0.25, -0.2) is 4.98 Å². The Bertz CT molecular complexity index is 423. The molecule has 2 aromatic rings. The van der Waals surface area contributed by atoms with Crippen molar-refractivity contribution in [1.82, 2.24) is 9.55 Å². The third kappa shape index (κ3) is 2.24. The van der Waals surface area contributed by atoms with E-state index in [0.717, 1.165) is 22.4 Å². The van der Waals surface area contributed by atoms with Crippen molar-refractivity contribution in [3.05, 3.63) is 36.0 Å². The summed E-state index contributed by atoms with van der Waals surface area (Å²) in [5, 5.41) is 9.88. The van der Waals surface area contributed by atoms with Gasteiger partial charge in [-0.2, -0.15) is 0 Å². The second-order valence-electron chi connectivity index (χ2n) is 3.12. The van der Waals surface area contributed by atoms with Crippen LogP contribution in [0, 0.1) is 0 Å². The summed E-state index contributed by atoms with van der Waals surface area (Å²) in [6.07, 6.45) is 3.35. The van der Waals surface area contributed by atoms with Crippen LogP contribution in [-0.4, -0.2) is 14.7 Å². The van der Waals surface area contributed by atoms with Crippen LogP contribution in [0.2, 0.25) is 0 Å². The molecule has 0 aliphatic carbocycles. The van der Waals surface area contributed by atoms with Gasteiger partial charge in [0.15, 0.2) is 5.16 Å². The van der Waals surface area contributed by atoms with E-state index in [2.05, 4.69) is 4.98 Å². The summed E-state index contributed by atoms with van der Waals surface area (Å²) in [6, 6.07) is 3.80. The minimum absolute atomic E-state index is 0.0187. The number of hydrogen-bond donors (Lipinski definition) is 1. The molecule has 2 aromatic heterocycles. The highest BCUT2D eigenvalue weighted by Gasteiger charge is 2.06. The van der Waals surface area contributed by atoms with Crippen LogP contribution in [-0.2, 0) is 19.4 Å². The number of nitrogens with zero attached hydrogens (tertiary/aromatic N) is 2. The Morgan fingerprint density at radius 2 is 2.47 bits per heavy atom. The number of furan rings is 1. The average molecular weight is 224 g/mol. The van der Waals surface area contributed by atoms with Gasteiger partial charge in [-0.15, -0.1) is 0 Å². The maximum Gasteiger partial charge on any atom is 0.168 e. The first kappa shape index (κ1) is 10.3. The molecule has 0 radical (unpaired) electrons. The van der Waals surface area contributed by atoms with Crippen molar-refractivity contribution in [3.8, 4) is 0 Å². The fourth-order valence-corrected chi connectivity index (χ4v) is 2.11. The number of thioether (sulfide) groups is 1. The first-order valence-corrected chi connectivity index (χ1v) is 5.56. The summed E-state index contributed by atoms with van der Waals surface area (Å²) in [4.78, 5) is 4.21. The van der Waals surface area contributed by atoms with E-state index in [4.69, 9.17) is 9.52 Å². The third-order valence-corrected chi connectivity index (χ3v) is 3.19. The summed E-state index contributed by atoms with van der Waals surface area (Å²) in [5.74, 6) is 1.68. The lowest BCUT2D eigenvalue weighted by Gasteiger charge is -2.02. The van der Waals surface area contributed by atoms with Crippen LogP contribution in [0.4, 0.5) is 0 Å². The van der Waals surface area contributed by atoms with E-state index in [1.54, 1.807) is 24.2 Å². The third-order valence-electron chi connectivity index (χ3n) is 2.13. The first-order chi connectivity index (χ1) is 7.31. The fourth-order valence-electron chi connectivity index (χ4n) is 1.24. The zero-order chi connectivity index (χ0) is 10.7. The van der Waals surface area contributed by atoms with Crippen molar-refractivity contribution >= 4 is 11.8 Å². The molecule has 0 saturated carbocycles. The average Bonchev–Trinajstić information content (AvgIpc) is 2.85. The maximum atomic E-state index is 9.00. The van der Waals surface area contributed by atoms with Gasteiger partial charge >= 0.3 is 0 Å². The normalized spacial score (nSPS) is 10.8. The van der Waals surface area contributed by atoms with Crippen molar-refractivity contribution in [1.29, 1.82) is 0 Å². The molecule has 0 aliphatic heterocycles. The van der Waals surface area contributed by atoms with Gasteiger partial charge in [0.05, 0.1) is 30.5 Å². The predicted molar refractivity (Wildman–Crippen MR) is 57.4 cm³/mol. The highest BCUT2D eigenvalue weighted by Crippen LogP contribution is 2.22. The zero-order valence-corrected chi connectivity index (χ0v) is 9.20. The van der Waals surface area contributed by atoms with Crippen molar-refractivity contribution in [3.63, 3.8) is 0 Å². The molecule has 0 spiro atoms. The topological polar surface area (TPSA) is 51.2 Å². The van der Waals surface area contributed by atoms with E-state index in [1.165, 1.54) is 0 Å². The predicted octanol–water partition coefficient (Wildman–Crippen LogP) is 1.80. The summed E-state index contributed by atoms with van der Waals surface area (Å²) in [7, 11) is 1.89. The maximum absolute atomic E-state index is 9.00. The van der Waals surface area contributed by atoms with Crippen LogP contribution in [0.3, 0.4) is 0 Å². The molecule has 15 heavy (non-hydrogen) atoms. The molecule has 2 heterocycles. The Morgan fingerprint density at radius 1 is 1.60 bits per heavy atom. The molecule has 0 unspecified atom stereocenters. The van der Waals surface area contributed by atoms with Crippen molar-refractivity contribution in [2.75, 3.05) is 0 Å². The Hall–Kier alpha value is -1.20. The van der Waals surface area contributed by atoms with Crippen molar-refractivity contribution in [2.45, 2.75) is 17.5 Å². The van der Waals surface area contributed by atoms with E-state index in [1.807, 2.05) is 23.7 Å². The minimum Gasteiger partial charge on any atom is -0.468 e. The van der Waals surface area contributed by atoms with Gasteiger partial charge in [-0.05, 0) is 12.1 Å². The summed E-state index contributed by atoms with van der Waals surface area (Å²) in [6.45, 7) is 0.0187. The molecule has 0 atom stereocenters. The van der Waals surface area contributed by atoms with Gasteiger partial charge in [-0.1, -0.05) is 11.8 Å². The molecule has 5 heteroatoms. The molecule has 4 nitrogen and oxygen atoms in total. The standard InChI is InChI=1S/C10H12N2O2S/c1-12-8(6-13)5-11-10(12)15-7-9-3-2-4-14-9/h2-5,13H,6-7H2,1H3. The largest absolute Gasteiger partial charge is 0.468 e. The monoisotopic (exact) mass is 224 g/mol. The van der Waals surface area contributed by atoms with Gasteiger partial charge in [0.25, 0.3) is 0 Å². The van der Waals surface area contributed by atoms with Gasteiger partial charge in [-0.3, -0.25) is 0 Å². The highest BCUT2D eigenvalue weighted by atomic mass is 32.2. The summed E-state index contributed by atoms with van der Waals surface area (Å²) < 4.78 is 7.10. The molecule has 0 amide bonds. The lowest BCUT2D eigenvalue weighted by Crippen LogP contribution is -1.97. The van der Waals surface area contributed by atoms with Crippen LogP contribution in [0.15, 0.2) is 34.2 Å². The van der Waals surface area contributed by atoms with Gasteiger partial charge in [0.1, 0.15) is 5.76 Å². The molecule has 0 fully saturated rings. The van der Waals surface area contributed by atoms with Gasteiger partial charge in [0, 0.05) is 7.05 Å². The van der Waals surface area contributed by atoms with Crippen molar-refractivity contribution < 1.29 is 9.52 Å². The molecule has 80 valence electrons. The summed E-state index contributed by atoms with van der Waals surface area (Å²) in [5.41, 5.74) is 0.817. The Labute approximate surface area is 91.9 Å². The molecule has 1 N–H and O–H groups in total. The van der Waals surface area contributed by atoms with Crippen LogP contribution in [0.25, 0.3) is 0 Å². The summed E-state index contributed by atoms with van der Waals surface area (Å²) >= 11 is 1.59. The minimum atomic E-state index is 0.0187. The lowest BCUT2D eigenvalue weighted by molar-refractivity contribution is 0.271. The molecule has 0 aromatic carbocycles. The van der Waals surface area contributed by atoms with Crippen LogP contribution >= 0.6 is 11.8 Å². The number of hydrogen-bond acceptors (Lipinski definition) is 4. The van der Waals surface area contributed by atoms with Crippen LogP contribution in [0.5, 0.6) is 0 Å². The number of aliphatic hydroxyl groups excluding tert-OH is 1. The van der Waals surface area contributed by atoms with E-state index in [-0.39, 0.29) is 6.61 Å². The Morgan fingerprint density at radius 3 is 3.07 bits per heavy atom. The first-order valence-electron chi connectivity index (χ1n) is 4.58. The van der Waals surface area contributed by atoms with Crippen molar-refractivity contribution in [2.24, 2.45) is 7.05 Å². The number of imidazole rings is 1. The molecule has 0 saturated heterocycles. The number of aromatic nitrogens is 2. The van der Waals surface area contributed by atoms with E-state index in [9.17, 15) is 0 Å². The quantitative estimate of drug-likeness (QED) is 0.804. The number of rotatable bonds is 4. The molecule has 0 bridgehead atoms. The molecular weight excluding hydrogens is 212 g/mol. The van der Waals surface area contributed by atoms with E-state index in [0.29, 0.717) is 0 Å². The van der Waals surface area contributed by atoms with Gasteiger partial charge in [0.2, 0.25) is 0 Å². The highest BCUT2D eigenvalue weighted by molar-refractivity contribution is 7.98. The number of aliphatic hydroxyl groups is 1. The Kier molecular flexibility index (Phi) is 3.13. The molecular formula is C10H12N2O2S. The van der Waals surface area contributed by atoms with E-state index >= 15 is 0 Å². The fraction of sp³-hybridized carbons (Fsp3) is 0.300. The molecule has 0 aliphatic rings. The van der Waals surface area contributed by atoms with Gasteiger partial charge < -0.3 is 14.1 Å². The second-order valence-corrected chi connectivity index (χ2v) is 4.06. The second kappa shape index (κ2) is 4.55.